The van der Waals surface area contributed by atoms with E-state index in [1.165, 1.54) is 0 Å². The Labute approximate surface area is 131 Å². The second-order valence-electron chi connectivity index (χ2n) is 7.19. The van der Waals surface area contributed by atoms with Crippen LogP contribution in [0.2, 0.25) is 0 Å². The second kappa shape index (κ2) is 6.73. The molecule has 2 aliphatic rings. The molecule has 2 atom stereocenters. The molecule has 0 radical (unpaired) electrons. The van der Waals surface area contributed by atoms with Gasteiger partial charge in [-0.1, -0.05) is 0 Å². The Hall–Kier alpha value is -1.50. The van der Waals surface area contributed by atoms with Crippen molar-refractivity contribution in [1.82, 2.24) is 15.5 Å². The number of fused-ring (bicyclic) bond motifs is 2. The van der Waals surface area contributed by atoms with Crippen LogP contribution in [0.15, 0.2) is 0 Å². The number of rotatable bonds is 4. The van der Waals surface area contributed by atoms with Gasteiger partial charge in [0.05, 0.1) is 0 Å². The molecule has 126 valence electrons. The highest BCUT2D eigenvalue weighted by molar-refractivity contribution is 5.71. The summed E-state index contributed by atoms with van der Waals surface area (Å²) in [7, 11) is 0. The molecule has 7 heteroatoms. The van der Waals surface area contributed by atoms with Crippen molar-refractivity contribution in [3.05, 3.63) is 0 Å². The molecule has 2 heterocycles. The minimum atomic E-state index is -0.499. The smallest absolute Gasteiger partial charge is 0.410 e. The van der Waals surface area contributed by atoms with E-state index in [-0.39, 0.29) is 18.2 Å². The van der Waals surface area contributed by atoms with Gasteiger partial charge in [0.1, 0.15) is 5.60 Å². The number of carbonyl (C=O) groups is 2. The number of ether oxygens (including phenoxy) is 1. The van der Waals surface area contributed by atoms with Crippen molar-refractivity contribution in [3.63, 3.8) is 0 Å². The molecule has 0 aromatic carbocycles. The molecule has 0 aromatic rings. The maximum absolute atomic E-state index is 12.3. The van der Waals surface area contributed by atoms with Crippen molar-refractivity contribution in [2.45, 2.75) is 70.2 Å². The molecule has 7 nitrogen and oxygen atoms in total. The number of hydrogen-bond acceptors (Lipinski definition) is 4. The first-order valence-corrected chi connectivity index (χ1v) is 8.04. The van der Waals surface area contributed by atoms with Gasteiger partial charge in [-0.05, 0) is 46.5 Å². The van der Waals surface area contributed by atoms with Crippen LogP contribution in [-0.4, -0.2) is 53.8 Å². The second-order valence-corrected chi connectivity index (χ2v) is 7.19. The summed E-state index contributed by atoms with van der Waals surface area (Å²) in [6.45, 7) is 6.91. The summed E-state index contributed by atoms with van der Waals surface area (Å²) in [4.78, 5) is 24.9. The summed E-state index contributed by atoms with van der Waals surface area (Å²) in [5.74, 6) is 0. The Morgan fingerprint density at radius 2 is 1.77 bits per heavy atom. The number of piperidine rings is 1. The van der Waals surface area contributed by atoms with E-state index < -0.39 is 11.6 Å². The number of hydrogen-bond donors (Lipinski definition) is 3. The molecule has 0 spiro atoms. The topological polar surface area (TPSA) is 96.7 Å². The minimum absolute atomic E-state index is 0.186. The Morgan fingerprint density at radius 3 is 2.27 bits per heavy atom. The fourth-order valence-electron chi connectivity index (χ4n) is 3.42. The van der Waals surface area contributed by atoms with Crippen molar-refractivity contribution in [2.75, 3.05) is 13.1 Å². The first kappa shape index (κ1) is 16.9. The number of urea groups is 1. The summed E-state index contributed by atoms with van der Waals surface area (Å²) < 4.78 is 5.52. The molecule has 3 amide bonds. The molecular formula is C15H28N4O3. The van der Waals surface area contributed by atoms with Crippen LogP contribution in [0.4, 0.5) is 9.59 Å². The van der Waals surface area contributed by atoms with E-state index in [1.54, 1.807) is 0 Å². The third-order valence-corrected chi connectivity index (χ3v) is 4.19. The Bertz CT molecular complexity index is 408. The van der Waals surface area contributed by atoms with Crippen molar-refractivity contribution >= 4 is 12.1 Å². The molecule has 2 bridgehead atoms. The van der Waals surface area contributed by atoms with E-state index in [1.807, 2.05) is 25.7 Å². The highest BCUT2D eigenvalue weighted by atomic mass is 16.6. The predicted octanol–water partition coefficient (Wildman–Crippen LogP) is 1.17. The lowest BCUT2D eigenvalue weighted by atomic mass is 9.98. The predicted molar refractivity (Wildman–Crippen MR) is 83.5 cm³/mol. The quantitative estimate of drug-likeness (QED) is 0.679. The molecule has 2 unspecified atom stereocenters. The van der Waals surface area contributed by atoms with Crippen LogP contribution in [0.25, 0.3) is 0 Å². The van der Waals surface area contributed by atoms with Gasteiger partial charge in [0.2, 0.25) is 0 Å². The Balaban J connectivity index is 1.81. The number of nitrogens with two attached hydrogens (primary N) is 1. The van der Waals surface area contributed by atoms with Gasteiger partial charge in [-0.25, -0.2) is 9.59 Å². The van der Waals surface area contributed by atoms with Crippen LogP contribution in [0.5, 0.6) is 0 Å². The van der Waals surface area contributed by atoms with E-state index in [4.69, 9.17) is 10.5 Å². The number of nitrogens with zero attached hydrogens (tertiary/aromatic N) is 1. The number of carbonyl (C=O) groups excluding carboxylic acids is 2. The van der Waals surface area contributed by atoms with Gasteiger partial charge in [0.15, 0.2) is 0 Å². The van der Waals surface area contributed by atoms with Gasteiger partial charge in [-0.2, -0.15) is 0 Å². The summed E-state index contributed by atoms with van der Waals surface area (Å²) in [6, 6.07) is 0.401. The third-order valence-electron chi connectivity index (χ3n) is 4.19. The molecular weight excluding hydrogens is 284 g/mol. The number of amides is 3. The van der Waals surface area contributed by atoms with E-state index >= 15 is 0 Å². The summed E-state index contributed by atoms with van der Waals surface area (Å²) in [5.41, 5.74) is 4.58. The van der Waals surface area contributed by atoms with Crippen LogP contribution in [0, 0.1) is 0 Å². The average Bonchev–Trinajstić information content (AvgIpc) is 2.64. The largest absolute Gasteiger partial charge is 0.444 e. The maximum Gasteiger partial charge on any atom is 0.410 e. The maximum atomic E-state index is 12.3. The first-order valence-electron chi connectivity index (χ1n) is 8.04. The molecule has 0 aliphatic carbocycles. The molecule has 4 N–H and O–H groups in total. The third kappa shape index (κ3) is 4.50. The van der Waals surface area contributed by atoms with Crippen LogP contribution < -0.4 is 16.4 Å². The highest BCUT2D eigenvalue weighted by Crippen LogP contribution is 2.36. The van der Waals surface area contributed by atoms with E-state index in [9.17, 15) is 9.59 Å². The fourth-order valence-corrected chi connectivity index (χ4v) is 3.42. The van der Waals surface area contributed by atoms with E-state index in [2.05, 4.69) is 10.6 Å². The zero-order chi connectivity index (χ0) is 16.3. The molecule has 0 saturated carbocycles. The van der Waals surface area contributed by atoms with Gasteiger partial charge in [0.25, 0.3) is 0 Å². The van der Waals surface area contributed by atoms with Crippen molar-refractivity contribution < 1.29 is 14.3 Å². The lowest BCUT2D eigenvalue weighted by Gasteiger charge is -2.39. The zero-order valence-electron chi connectivity index (χ0n) is 13.7. The molecule has 0 aromatic heterocycles. The van der Waals surface area contributed by atoms with Crippen LogP contribution in [0.1, 0.15) is 46.5 Å². The zero-order valence-corrected chi connectivity index (χ0v) is 13.7. The monoisotopic (exact) mass is 312 g/mol. The molecule has 2 fully saturated rings. The molecule has 2 saturated heterocycles. The standard InChI is InChI=1S/C15H28N4O3/c1-15(2,3)22-14(21)19-11-4-5-12(19)9-10(8-11)17-6-7-18-13(16)20/h10-12,17H,4-9H2,1-3H3,(H3,16,18,20). The highest BCUT2D eigenvalue weighted by Gasteiger charge is 2.44. The lowest BCUT2D eigenvalue weighted by molar-refractivity contribution is 0.00476. The Kier molecular flexibility index (Phi) is 5.16. The number of nitrogens with one attached hydrogen (secondary N) is 2. The average molecular weight is 312 g/mol. The van der Waals surface area contributed by atoms with Crippen molar-refractivity contribution in [1.29, 1.82) is 0 Å². The van der Waals surface area contributed by atoms with Crippen molar-refractivity contribution in [2.24, 2.45) is 5.73 Å². The molecule has 2 rings (SSSR count). The van der Waals surface area contributed by atoms with E-state index in [0.717, 1.165) is 25.7 Å². The van der Waals surface area contributed by atoms with Crippen LogP contribution >= 0.6 is 0 Å². The van der Waals surface area contributed by atoms with Gasteiger partial charge in [0, 0.05) is 31.2 Å². The fraction of sp³-hybridized carbons (Fsp3) is 0.867. The van der Waals surface area contributed by atoms with Gasteiger partial charge >= 0.3 is 12.1 Å². The van der Waals surface area contributed by atoms with Crippen molar-refractivity contribution in [3.8, 4) is 0 Å². The lowest BCUT2D eigenvalue weighted by Crippen LogP contribution is -2.53. The Morgan fingerprint density at radius 1 is 1.18 bits per heavy atom. The van der Waals surface area contributed by atoms with E-state index in [0.29, 0.717) is 19.1 Å². The minimum Gasteiger partial charge on any atom is -0.444 e. The summed E-state index contributed by atoms with van der Waals surface area (Å²) in [6.07, 6.45) is 3.77. The summed E-state index contributed by atoms with van der Waals surface area (Å²) in [5, 5.41) is 6.00. The van der Waals surface area contributed by atoms with Crippen LogP contribution in [0.3, 0.4) is 0 Å². The summed E-state index contributed by atoms with van der Waals surface area (Å²) >= 11 is 0. The van der Waals surface area contributed by atoms with Gasteiger partial charge in [-0.15, -0.1) is 0 Å². The van der Waals surface area contributed by atoms with Gasteiger partial charge in [-0.3, -0.25) is 0 Å². The first-order chi connectivity index (χ1) is 10.3. The number of primary amides is 1. The normalized spacial score (nSPS) is 27.6. The molecule has 22 heavy (non-hydrogen) atoms. The van der Waals surface area contributed by atoms with Gasteiger partial charge < -0.3 is 26.0 Å². The molecule has 2 aliphatic heterocycles. The SMILES string of the molecule is CC(C)(C)OC(=O)N1C2CCC1CC(NCCNC(N)=O)C2. The van der Waals surface area contributed by atoms with Crippen LogP contribution in [-0.2, 0) is 4.74 Å².